The molecule has 0 aliphatic carbocycles. The molecule has 0 amide bonds. The van der Waals surface area contributed by atoms with Crippen LogP contribution in [0.4, 0.5) is 0 Å². The Labute approximate surface area is 145 Å². The highest BCUT2D eigenvalue weighted by Crippen LogP contribution is 2.14. The van der Waals surface area contributed by atoms with E-state index in [4.69, 9.17) is 4.74 Å². The summed E-state index contributed by atoms with van der Waals surface area (Å²) in [6, 6.07) is 18.4. The Balaban J connectivity index is 1.74. The molecule has 0 saturated carbocycles. The van der Waals surface area contributed by atoms with Crippen LogP contribution >= 0.6 is 0 Å². The van der Waals surface area contributed by atoms with Gasteiger partial charge in [-0.3, -0.25) is 9.69 Å². The minimum absolute atomic E-state index is 0.324. The van der Waals surface area contributed by atoms with Crippen LogP contribution in [0.3, 0.4) is 0 Å². The van der Waals surface area contributed by atoms with Gasteiger partial charge in [0.1, 0.15) is 18.1 Å². The van der Waals surface area contributed by atoms with Gasteiger partial charge in [0.2, 0.25) is 0 Å². The molecule has 2 rings (SSSR count). The number of nitrogens with zero attached hydrogens (tertiary/aromatic N) is 1. The fourth-order valence-electron chi connectivity index (χ4n) is 2.55. The second-order valence-corrected chi connectivity index (χ2v) is 6.19. The summed E-state index contributed by atoms with van der Waals surface area (Å²) in [5, 5.41) is 0. The van der Waals surface area contributed by atoms with E-state index >= 15 is 0 Å². The Morgan fingerprint density at radius 3 is 2.38 bits per heavy atom. The molecule has 0 fully saturated rings. The molecule has 0 heterocycles. The highest BCUT2D eigenvalue weighted by Gasteiger charge is 2.06. The zero-order valence-electron chi connectivity index (χ0n) is 14.7. The number of ketones is 1. The van der Waals surface area contributed by atoms with Crippen molar-refractivity contribution in [3.63, 3.8) is 0 Å². The Kier molecular flexibility index (Phi) is 7.50. The molecule has 24 heavy (non-hydrogen) atoms. The van der Waals surface area contributed by atoms with Gasteiger partial charge in [0.05, 0.1) is 6.54 Å². The predicted octanol–water partition coefficient (Wildman–Crippen LogP) is 4.11. The zero-order valence-corrected chi connectivity index (χ0v) is 14.7. The molecule has 0 radical (unpaired) electrons. The van der Waals surface area contributed by atoms with Crippen molar-refractivity contribution in [3.05, 3.63) is 65.7 Å². The lowest BCUT2D eigenvalue weighted by molar-refractivity contribution is -0.119. The molecule has 0 unspecified atom stereocenters. The van der Waals surface area contributed by atoms with Crippen molar-refractivity contribution in [1.29, 1.82) is 0 Å². The molecule has 0 N–H and O–H groups in total. The van der Waals surface area contributed by atoms with Crippen LogP contribution in [0.25, 0.3) is 0 Å². The maximum atomic E-state index is 11.6. The van der Waals surface area contributed by atoms with E-state index in [1.165, 1.54) is 11.1 Å². The van der Waals surface area contributed by atoms with E-state index in [1.807, 2.05) is 44.3 Å². The van der Waals surface area contributed by atoms with Gasteiger partial charge < -0.3 is 4.74 Å². The first-order valence-corrected chi connectivity index (χ1v) is 8.63. The maximum absolute atomic E-state index is 11.6. The Hall–Kier alpha value is -2.13. The normalized spacial score (nSPS) is 10.8. The number of Topliss-reactive ketones (excluding diaryl/α,β-unsaturated/α-hetero) is 1. The van der Waals surface area contributed by atoms with Crippen LogP contribution in [0, 0.1) is 0 Å². The van der Waals surface area contributed by atoms with Crippen molar-refractivity contribution < 1.29 is 9.53 Å². The van der Waals surface area contributed by atoms with E-state index < -0.39 is 0 Å². The lowest BCUT2D eigenvalue weighted by atomic mass is 10.1. The van der Waals surface area contributed by atoms with Crippen LogP contribution in [-0.4, -0.2) is 30.8 Å². The molecule has 0 atom stereocenters. The number of carbonyl (C=O) groups excluding carboxylic acids is 1. The van der Waals surface area contributed by atoms with E-state index in [1.54, 1.807) is 0 Å². The van der Waals surface area contributed by atoms with E-state index in [9.17, 15) is 4.79 Å². The van der Waals surface area contributed by atoms with Crippen molar-refractivity contribution >= 4 is 5.78 Å². The standard InChI is InChI=1S/C21H27NO2/c1-3-7-20(23)16-22(2)15-14-18-10-12-21(13-11-18)24-17-19-8-5-4-6-9-19/h4-6,8-13H,3,7,14-17H2,1-2H3. The number of ether oxygens (including phenoxy) is 1. The minimum atomic E-state index is 0.324. The molecule has 3 nitrogen and oxygen atoms in total. The second-order valence-electron chi connectivity index (χ2n) is 6.19. The summed E-state index contributed by atoms with van der Waals surface area (Å²) in [5.41, 5.74) is 2.43. The van der Waals surface area contributed by atoms with Gasteiger partial charge >= 0.3 is 0 Å². The summed E-state index contributed by atoms with van der Waals surface area (Å²) in [5.74, 6) is 1.21. The lowest BCUT2D eigenvalue weighted by Crippen LogP contribution is -2.27. The van der Waals surface area contributed by atoms with Crippen LogP contribution in [-0.2, 0) is 17.8 Å². The van der Waals surface area contributed by atoms with E-state index in [0.717, 1.165) is 25.1 Å². The highest BCUT2D eigenvalue weighted by molar-refractivity contribution is 5.80. The minimum Gasteiger partial charge on any atom is -0.489 e. The number of carbonyl (C=O) groups is 1. The summed E-state index contributed by atoms with van der Waals surface area (Å²) in [6.45, 7) is 4.06. The van der Waals surface area contributed by atoms with Gasteiger partial charge in [-0.15, -0.1) is 0 Å². The Morgan fingerprint density at radius 2 is 1.71 bits per heavy atom. The quantitative estimate of drug-likeness (QED) is 0.658. The summed E-state index contributed by atoms with van der Waals surface area (Å²) in [6.07, 6.45) is 2.55. The number of rotatable bonds is 10. The zero-order chi connectivity index (χ0) is 17.2. The monoisotopic (exact) mass is 325 g/mol. The van der Waals surface area contributed by atoms with Crippen LogP contribution < -0.4 is 4.74 Å². The van der Waals surface area contributed by atoms with Gasteiger partial charge in [-0.25, -0.2) is 0 Å². The average molecular weight is 325 g/mol. The van der Waals surface area contributed by atoms with Crippen LogP contribution in [0.1, 0.15) is 30.9 Å². The Bertz CT molecular complexity index is 607. The largest absolute Gasteiger partial charge is 0.489 e. The van der Waals surface area contributed by atoms with Gasteiger partial charge in [0.25, 0.3) is 0 Å². The molecule has 0 aromatic heterocycles. The molecule has 3 heteroatoms. The van der Waals surface area contributed by atoms with Crippen molar-refractivity contribution in [1.82, 2.24) is 4.90 Å². The van der Waals surface area contributed by atoms with Crippen molar-refractivity contribution in [2.75, 3.05) is 20.1 Å². The molecule has 128 valence electrons. The van der Waals surface area contributed by atoms with Gasteiger partial charge in [-0.2, -0.15) is 0 Å². The van der Waals surface area contributed by atoms with Gasteiger partial charge in [-0.05, 0) is 43.1 Å². The molecule has 0 aliphatic heterocycles. The third-order valence-corrected chi connectivity index (χ3v) is 3.93. The first-order valence-electron chi connectivity index (χ1n) is 8.63. The molecule has 0 saturated heterocycles. The molecule has 2 aromatic carbocycles. The van der Waals surface area contributed by atoms with Crippen molar-refractivity contribution in [2.24, 2.45) is 0 Å². The SMILES string of the molecule is CCCC(=O)CN(C)CCc1ccc(OCc2ccccc2)cc1. The topological polar surface area (TPSA) is 29.5 Å². The van der Waals surface area contributed by atoms with Gasteiger partial charge in [0.15, 0.2) is 0 Å². The van der Waals surface area contributed by atoms with E-state index in [0.29, 0.717) is 25.4 Å². The van der Waals surface area contributed by atoms with Gasteiger partial charge in [0, 0.05) is 13.0 Å². The van der Waals surface area contributed by atoms with Crippen LogP contribution in [0.15, 0.2) is 54.6 Å². The van der Waals surface area contributed by atoms with Crippen LogP contribution in [0.2, 0.25) is 0 Å². The second kappa shape index (κ2) is 9.89. The first kappa shape index (κ1) is 18.2. The summed E-state index contributed by atoms with van der Waals surface area (Å²) < 4.78 is 5.80. The Morgan fingerprint density at radius 1 is 1.00 bits per heavy atom. The van der Waals surface area contributed by atoms with Crippen LogP contribution in [0.5, 0.6) is 5.75 Å². The third kappa shape index (κ3) is 6.55. The molecule has 0 spiro atoms. The molecule has 2 aromatic rings. The molecular formula is C21H27NO2. The van der Waals surface area contributed by atoms with Crippen molar-refractivity contribution in [3.8, 4) is 5.75 Å². The highest BCUT2D eigenvalue weighted by atomic mass is 16.5. The molecule has 0 bridgehead atoms. The maximum Gasteiger partial charge on any atom is 0.146 e. The third-order valence-electron chi connectivity index (χ3n) is 3.93. The molecule has 0 aliphatic rings. The summed E-state index contributed by atoms with van der Waals surface area (Å²) >= 11 is 0. The summed E-state index contributed by atoms with van der Waals surface area (Å²) in [4.78, 5) is 13.7. The number of hydrogen-bond donors (Lipinski definition) is 0. The summed E-state index contributed by atoms with van der Waals surface area (Å²) in [7, 11) is 2.00. The number of likely N-dealkylation sites (N-methyl/N-ethyl adjacent to an activating group) is 1. The fourth-order valence-corrected chi connectivity index (χ4v) is 2.55. The average Bonchev–Trinajstić information content (AvgIpc) is 2.60. The smallest absolute Gasteiger partial charge is 0.146 e. The predicted molar refractivity (Wildman–Crippen MR) is 98.3 cm³/mol. The number of hydrogen-bond acceptors (Lipinski definition) is 3. The fraction of sp³-hybridized carbons (Fsp3) is 0.381. The number of benzene rings is 2. The van der Waals surface area contributed by atoms with E-state index in [-0.39, 0.29) is 0 Å². The lowest BCUT2D eigenvalue weighted by Gasteiger charge is -2.15. The van der Waals surface area contributed by atoms with Crippen molar-refractivity contribution in [2.45, 2.75) is 32.8 Å². The van der Waals surface area contributed by atoms with Gasteiger partial charge in [-0.1, -0.05) is 49.4 Å². The molecular weight excluding hydrogens is 298 g/mol. The van der Waals surface area contributed by atoms with E-state index in [2.05, 4.69) is 29.2 Å². The first-order chi connectivity index (χ1) is 11.7.